The topological polar surface area (TPSA) is 80.0 Å². The molecular weight excluding hydrogens is 328 g/mol. The Morgan fingerprint density at radius 1 is 1.12 bits per heavy atom. The molecule has 0 bridgehead atoms. The Bertz CT molecular complexity index is 908. The molecule has 26 heavy (non-hydrogen) atoms. The predicted octanol–water partition coefficient (Wildman–Crippen LogP) is 4.67. The molecule has 0 aliphatic heterocycles. The molecule has 0 unspecified atom stereocenters. The number of rotatable bonds is 4. The summed E-state index contributed by atoms with van der Waals surface area (Å²) in [6, 6.07) is 13.3. The maximum atomic E-state index is 12.2. The van der Waals surface area contributed by atoms with Gasteiger partial charge in [0.05, 0.1) is 11.9 Å². The molecule has 0 atom stereocenters. The van der Waals surface area contributed by atoms with Crippen LogP contribution in [0.25, 0.3) is 0 Å². The average molecular weight is 350 g/mol. The van der Waals surface area contributed by atoms with Crippen LogP contribution in [0.4, 0.5) is 17.2 Å². The smallest absolute Gasteiger partial charge is 0.275 e. The molecule has 0 fully saturated rings. The number of pyridine rings is 1. The summed E-state index contributed by atoms with van der Waals surface area (Å²) in [5.41, 5.74) is 3.38. The molecule has 0 aliphatic carbocycles. The molecule has 2 aromatic heterocycles. The van der Waals surface area contributed by atoms with Gasteiger partial charge in [-0.05, 0) is 36.1 Å². The number of carbonyl (C=O) groups excluding carboxylic acids is 1. The van der Waals surface area contributed by atoms with Crippen LogP contribution in [0.5, 0.6) is 0 Å². The van der Waals surface area contributed by atoms with Crippen molar-refractivity contribution in [1.29, 1.82) is 0 Å². The van der Waals surface area contributed by atoms with Crippen LogP contribution in [-0.4, -0.2) is 16.0 Å². The summed E-state index contributed by atoms with van der Waals surface area (Å²) in [6.07, 6.45) is 1.64. The molecule has 0 saturated carbocycles. The van der Waals surface area contributed by atoms with E-state index < -0.39 is 0 Å². The van der Waals surface area contributed by atoms with Crippen LogP contribution in [0.1, 0.15) is 42.6 Å². The second-order valence-corrected chi connectivity index (χ2v) is 7.13. The highest BCUT2D eigenvalue weighted by Crippen LogP contribution is 2.31. The second-order valence-electron chi connectivity index (χ2n) is 7.13. The summed E-state index contributed by atoms with van der Waals surface area (Å²) in [7, 11) is 0. The number of nitrogens with one attached hydrogen (secondary N) is 2. The van der Waals surface area contributed by atoms with Gasteiger partial charge in [0.1, 0.15) is 11.5 Å². The number of para-hydroxylation sites is 1. The quantitative estimate of drug-likeness (QED) is 0.714. The van der Waals surface area contributed by atoms with Crippen molar-refractivity contribution in [3.05, 3.63) is 65.7 Å². The van der Waals surface area contributed by atoms with Crippen LogP contribution >= 0.6 is 0 Å². The van der Waals surface area contributed by atoms with E-state index in [-0.39, 0.29) is 11.3 Å². The number of hydrogen-bond acceptors (Lipinski definition) is 5. The van der Waals surface area contributed by atoms with E-state index in [1.165, 1.54) is 5.56 Å². The fourth-order valence-electron chi connectivity index (χ4n) is 2.61. The fourth-order valence-corrected chi connectivity index (χ4v) is 2.61. The van der Waals surface area contributed by atoms with Crippen molar-refractivity contribution >= 4 is 23.1 Å². The van der Waals surface area contributed by atoms with E-state index in [2.05, 4.69) is 47.6 Å². The Morgan fingerprint density at radius 2 is 1.88 bits per heavy atom. The molecule has 3 rings (SSSR count). The molecule has 3 aromatic rings. The van der Waals surface area contributed by atoms with Gasteiger partial charge in [-0.1, -0.05) is 44.1 Å². The number of amides is 1. The van der Waals surface area contributed by atoms with E-state index in [0.29, 0.717) is 17.3 Å². The first-order valence-electron chi connectivity index (χ1n) is 8.40. The van der Waals surface area contributed by atoms with Gasteiger partial charge >= 0.3 is 0 Å². The zero-order valence-corrected chi connectivity index (χ0v) is 15.3. The van der Waals surface area contributed by atoms with Gasteiger partial charge in [-0.25, -0.2) is 4.98 Å². The minimum Gasteiger partial charge on any atom is -0.360 e. The van der Waals surface area contributed by atoms with E-state index in [1.807, 2.05) is 24.3 Å². The number of nitrogens with zero attached hydrogens (tertiary/aromatic N) is 2. The molecule has 0 aliphatic rings. The summed E-state index contributed by atoms with van der Waals surface area (Å²) in [5, 5.41) is 9.77. The molecule has 0 spiro atoms. The maximum absolute atomic E-state index is 12.2. The lowest BCUT2D eigenvalue weighted by molar-refractivity contribution is 0.102. The predicted molar refractivity (Wildman–Crippen MR) is 102 cm³/mol. The van der Waals surface area contributed by atoms with Gasteiger partial charge in [-0.15, -0.1) is 0 Å². The standard InChI is InChI=1S/C20H22N4O2/c1-13-11-18(24-26-13)23-19(25)17-10-9-14(12-21-17)22-16-8-6-5-7-15(16)20(2,3)4/h5-12,22H,1-4H3,(H,23,24,25). The van der Waals surface area contributed by atoms with E-state index in [4.69, 9.17) is 4.52 Å². The van der Waals surface area contributed by atoms with Gasteiger partial charge in [0.2, 0.25) is 0 Å². The lowest BCUT2D eigenvalue weighted by Crippen LogP contribution is -2.14. The number of hydrogen-bond donors (Lipinski definition) is 2. The molecule has 6 nitrogen and oxygen atoms in total. The summed E-state index contributed by atoms with van der Waals surface area (Å²) in [4.78, 5) is 16.4. The molecular formula is C20H22N4O2. The Kier molecular flexibility index (Phi) is 4.75. The molecule has 2 heterocycles. The van der Waals surface area contributed by atoms with E-state index in [0.717, 1.165) is 11.4 Å². The SMILES string of the molecule is Cc1cc(NC(=O)c2ccc(Nc3ccccc3C(C)(C)C)cn2)no1. The fraction of sp³-hybridized carbons (Fsp3) is 0.250. The van der Waals surface area contributed by atoms with Gasteiger partial charge in [-0.3, -0.25) is 4.79 Å². The van der Waals surface area contributed by atoms with E-state index in [1.54, 1.807) is 25.3 Å². The summed E-state index contributed by atoms with van der Waals surface area (Å²) in [6.45, 7) is 8.28. The largest absolute Gasteiger partial charge is 0.360 e. The zero-order chi connectivity index (χ0) is 18.7. The zero-order valence-electron chi connectivity index (χ0n) is 15.3. The average Bonchev–Trinajstić information content (AvgIpc) is 3.00. The van der Waals surface area contributed by atoms with Crippen molar-refractivity contribution in [2.24, 2.45) is 0 Å². The van der Waals surface area contributed by atoms with Gasteiger partial charge in [0.15, 0.2) is 5.82 Å². The van der Waals surface area contributed by atoms with Crippen molar-refractivity contribution in [3.63, 3.8) is 0 Å². The second kappa shape index (κ2) is 7.00. The highest BCUT2D eigenvalue weighted by atomic mass is 16.5. The Morgan fingerprint density at radius 3 is 2.50 bits per heavy atom. The lowest BCUT2D eigenvalue weighted by atomic mass is 9.86. The van der Waals surface area contributed by atoms with Crippen LogP contribution in [0.3, 0.4) is 0 Å². The third-order valence-electron chi connectivity index (χ3n) is 3.88. The maximum Gasteiger partial charge on any atom is 0.275 e. The van der Waals surface area contributed by atoms with Crippen LogP contribution in [0.2, 0.25) is 0 Å². The number of carbonyl (C=O) groups is 1. The third-order valence-corrected chi connectivity index (χ3v) is 3.88. The van der Waals surface area contributed by atoms with Crippen molar-refractivity contribution in [2.75, 3.05) is 10.6 Å². The summed E-state index contributed by atoms with van der Waals surface area (Å²) >= 11 is 0. The van der Waals surface area contributed by atoms with E-state index >= 15 is 0 Å². The summed E-state index contributed by atoms with van der Waals surface area (Å²) < 4.78 is 4.93. The monoisotopic (exact) mass is 350 g/mol. The van der Waals surface area contributed by atoms with Gasteiger partial charge in [0.25, 0.3) is 5.91 Å². The Labute approximate surface area is 152 Å². The van der Waals surface area contributed by atoms with Crippen LogP contribution in [0, 0.1) is 6.92 Å². The van der Waals surface area contributed by atoms with Gasteiger partial charge in [-0.2, -0.15) is 0 Å². The van der Waals surface area contributed by atoms with Crippen molar-refractivity contribution in [2.45, 2.75) is 33.1 Å². The number of benzene rings is 1. The van der Waals surface area contributed by atoms with Crippen molar-refractivity contribution in [3.8, 4) is 0 Å². The van der Waals surface area contributed by atoms with Crippen LogP contribution in [-0.2, 0) is 5.41 Å². The van der Waals surface area contributed by atoms with Gasteiger partial charge < -0.3 is 15.2 Å². The third kappa shape index (κ3) is 4.08. The van der Waals surface area contributed by atoms with Crippen molar-refractivity contribution in [1.82, 2.24) is 10.1 Å². The number of aromatic nitrogens is 2. The Hall–Kier alpha value is -3.15. The molecule has 1 aromatic carbocycles. The summed E-state index contributed by atoms with van der Waals surface area (Å²) in [5.74, 6) is 0.667. The first-order valence-corrected chi connectivity index (χ1v) is 8.40. The number of anilines is 3. The Balaban J connectivity index is 1.73. The van der Waals surface area contributed by atoms with Crippen LogP contribution in [0.15, 0.2) is 53.2 Å². The minimum atomic E-state index is -0.333. The first-order chi connectivity index (χ1) is 12.3. The minimum absolute atomic E-state index is 0.0204. The van der Waals surface area contributed by atoms with Crippen molar-refractivity contribution < 1.29 is 9.32 Å². The number of aryl methyl sites for hydroxylation is 1. The molecule has 6 heteroatoms. The van der Waals surface area contributed by atoms with E-state index in [9.17, 15) is 4.79 Å². The first kappa shape index (κ1) is 17.7. The highest BCUT2D eigenvalue weighted by molar-refractivity contribution is 6.02. The highest BCUT2D eigenvalue weighted by Gasteiger charge is 2.17. The van der Waals surface area contributed by atoms with Crippen LogP contribution < -0.4 is 10.6 Å². The molecule has 0 saturated heterocycles. The normalized spacial score (nSPS) is 11.2. The van der Waals surface area contributed by atoms with Gasteiger partial charge in [0, 0.05) is 11.8 Å². The lowest BCUT2D eigenvalue weighted by Gasteiger charge is -2.23. The molecule has 2 N–H and O–H groups in total. The molecule has 134 valence electrons. The molecule has 0 radical (unpaired) electrons. The molecule has 1 amide bonds.